The maximum absolute atomic E-state index is 4.28. The highest BCUT2D eigenvalue weighted by Crippen LogP contribution is 2.26. The van der Waals surface area contributed by atoms with Crippen LogP contribution in [0.15, 0.2) is 40.3 Å². The molecule has 1 atom stereocenters. The Hall–Kier alpha value is -0.870. The van der Waals surface area contributed by atoms with Gasteiger partial charge in [-0.05, 0) is 35.0 Å². The summed E-state index contributed by atoms with van der Waals surface area (Å²) in [5.41, 5.74) is 1.10. The minimum absolute atomic E-state index is 0.240. The van der Waals surface area contributed by atoms with Crippen LogP contribution < -0.4 is 5.32 Å². The summed E-state index contributed by atoms with van der Waals surface area (Å²) in [6, 6.07) is 8.33. The molecule has 0 saturated carbocycles. The predicted octanol–water partition coefficient (Wildman–Crippen LogP) is 4.08. The Morgan fingerprint density at radius 3 is 2.87 bits per heavy atom. The summed E-state index contributed by atoms with van der Waals surface area (Å²) in [7, 11) is 0. The van der Waals surface area contributed by atoms with Gasteiger partial charge in [0.15, 0.2) is 0 Å². The summed E-state index contributed by atoms with van der Waals surface area (Å²) in [6.45, 7) is 2.11. The normalized spacial score (nSPS) is 12.4. The van der Waals surface area contributed by atoms with Gasteiger partial charge in [-0.3, -0.25) is 0 Å². The van der Waals surface area contributed by atoms with Crippen LogP contribution in [-0.2, 0) is 0 Å². The molecular formula is C11H11BrN2S. The second-order valence-corrected chi connectivity index (χ2v) is 5.00. The molecule has 1 aromatic heterocycles. The summed E-state index contributed by atoms with van der Waals surface area (Å²) >= 11 is 5.18. The fourth-order valence-corrected chi connectivity index (χ4v) is 2.37. The third kappa shape index (κ3) is 2.58. The molecule has 0 amide bonds. The number of para-hydroxylation sites is 1. The second kappa shape index (κ2) is 4.77. The van der Waals surface area contributed by atoms with Gasteiger partial charge < -0.3 is 5.32 Å². The van der Waals surface area contributed by atoms with Gasteiger partial charge in [0, 0.05) is 21.7 Å². The van der Waals surface area contributed by atoms with Crippen LogP contribution in [0.1, 0.15) is 18.0 Å². The Labute approximate surface area is 101 Å². The van der Waals surface area contributed by atoms with Crippen molar-refractivity contribution in [2.24, 2.45) is 0 Å². The number of halogens is 1. The Balaban J connectivity index is 2.13. The van der Waals surface area contributed by atoms with Gasteiger partial charge in [-0.25, -0.2) is 4.98 Å². The van der Waals surface area contributed by atoms with Crippen LogP contribution in [0.5, 0.6) is 0 Å². The number of rotatable bonds is 3. The number of benzene rings is 1. The molecule has 0 spiro atoms. The molecule has 0 bridgehead atoms. The van der Waals surface area contributed by atoms with E-state index in [1.54, 1.807) is 11.3 Å². The van der Waals surface area contributed by atoms with E-state index in [-0.39, 0.29) is 6.04 Å². The maximum Gasteiger partial charge on any atom is 0.115 e. The van der Waals surface area contributed by atoms with E-state index in [1.165, 1.54) is 0 Å². The van der Waals surface area contributed by atoms with E-state index in [0.717, 1.165) is 15.2 Å². The van der Waals surface area contributed by atoms with Crippen LogP contribution in [0.3, 0.4) is 0 Å². The standard InChI is InChI=1S/C11H11BrN2S/c1-8(11-13-6-7-15-11)14-10-5-3-2-4-9(10)12/h2-8,14H,1H3/t8-/m1/s1. The third-order valence-corrected chi connectivity index (χ3v) is 3.72. The minimum Gasteiger partial charge on any atom is -0.375 e. The molecule has 2 aromatic rings. The number of thiazole rings is 1. The van der Waals surface area contributed by atoms with E-state index in [2.05, 4.69) is 33.2 Å². The first-order valence-corrected chi connectivity index (χ1v) is 6.35. The molecule has 1 heterocycles. The molecule has 0 aliphatic heterocycles. The molecule has 0 saturated heterocycles. The van der Waals surface area contributed by atoms with Gasteiger partial charge in [0.25, 0.3) is 0 Å². The van der Waals surface area contributed by atoms with Gasteiger partial charge >= 0.3 is 0 Å². The molecule has 1 aromatic carbocycles. The van der Waals surface area contributed by atoms with Crippen molar-refractivity contribution in [3.8, 4) is 0 Å². The largest absolute Gasteiger partial charge is 0.375 e. The lowest BCUT2D eigenvalue weighted by atomic mass is 10.3. The zero-order chi connectivity index (χ0) is 10.7. The molecule has 0 aliphatic carbocycles. The summed E-state index contributed by atoms with van der Waals surface area (Å²) < 4.78 is 1.08. The van der Waals surface area contributed by atoms with Crippen molar-refractivity contribution < 1.29 is 0 Å². The Bertz CT molecular complexity index is 428. The van der Waals surface area contributed by atoms with E-state index in [9.17, 15) is 0 Å². The van der Waals surface area contributed by atoms with Crippen LogP contribution in [0.2, 0.25) is 0 Å². The maximum atomic E-state index is 4.28. The number of hydrogen-bond donors (Lipinski definition) is 1. The SMILES string of the molecule is C[C@@H](Nc1ccccc1Br)c1nccs1. The highest BCUT2D eigenvalue weighted by atomic mass is 79.9. The van der Waals surface area contributed by atoms with E-state index in [1.807, 2.05) is 35.8 Å². The van der Waals surface area contributed by atoms with Crippen molar-refractivity contribution >= 4 is 33.0 Å². The first-order valence-electron chi connectivity index (χ1n) is 4.68. The van der Waals surface area contributed by atoms with Crippen molar-refractivity contribution in [3.05, 3.63) is 45.3 Å². The Morgan fingerprint density at radius 2 is 2.20 bits per heavy atom. The van der Waals surface area contributed by atoms with Crippen molar-refractivity contribution in [1.29, 1.82) is 0 Å². The summed E-state index contributed by atoms with van der Waals surface area (Å²) in [6.07, 6.45) is 1.83. The van der Waals surface area contributed by atoms with Gasteiger partial charge in [-0.1, -0.05) is 12.1 Å². The van der Waals surface area contributed by atoms with Crippen molar-refractivity contribution in [1.82, 2.24) is 4.98 Å². The fourth-order valence-electron chi connectivity index (χ4n) is 1.32. The van der Waals surface area contributed by atoms with Crippen molar-refractivity contribution in [2.75, 3.05) is 5.32 Å². The van der Waals surface area contributed by atoms with Gasteiger partial charge in [-0.15, -0.1) is 11.3 Å². The number of aromatic nitrogens is 1. The molecule has 0 radical (unpaired) electrons. The summed E-state index contributed by atoms with van der Waals surface area (Å²) in [4.78, 5) is 4.28. The molecule has 0 fully saturated rings. The zero-order valence-electron chi connectivity index (χ0n) is 8.27. The smallest absolute Gasteiger partial charge is 0.115 e. The molecular weight excluding hydrogens is 272 g/mol. The van der Waals surface area contributed by atoms with Crippen LogP contribution in [-0.4, -0.2) is 4.98 Å². The summed E-state index contributed by atoms with van der Waals surface area (Å²) in [5.74, 6) is 0. The number of nitrogens with one attached hydrogen (secondary N) is 1. The van der Waals surface area contributed by atoms with E-state index in [4.69, 9.17) is 0 Å². The first-order chi connectivity index (χ1) is 7.27. The van der Waals surface area contributed by atoms with Crippen LogP contribution in [0.25, 0.3) is 0 Å². The van der Waals surface area contributed by atoms with Crippen molar-refractivity contribution in [2.45, 2.75) is 13.0 Å². The highest BCUT2D eigenvalue weighted by molar-refractivity contribution is 9.10. The third-order valence-electron chi connectivity index (χ3n) is 2.07. The second-order valence-electron chi connectivity index (χ2n) is 3.22. The van der Waals surface area contributed by atoms with Gasteiger partial charge in [-0.2, -0.15) is 0 Å². The van der Waals surface area contributed by atoms with Gasteiger partial charge in [0.05, 0.1) is 6.04 Å². The van der Waals surface area contributed by atoms with Crippen molar-refractivity contribution in [3.63, 3.8) is 0 Å². The van der Waals surface area contributed by atoms with Crippen LogP contribution in [0, 0.1) is 0 Å². The molecule has 0 unspecified atom stereocenters. The number of anilines is 1. The lowest BCUT2D eigenvalue weighted by Crippen LogP contribution is -2.06. The van der Waals surface area contributed by atoms with E-state index >= 15 is 0 Å². The van der Waals surface area contributed by atoms with Crippen LogP contribution >= 0.6 is 27.3 Å². The van der Waals surface area contributed by atoms with Gasteiger partial charge in [0.1, 0.15) is 5.01 Å². The lowest BCUT2D eigenvalue weighted by Gasteiger charge is -2.13. The minimum atomic E-state index is 0.240. The monoisotopic (exact) mass is 282 g/mol. The molecule has 4 heteroatoms. The highest BCUT2D eigenvalue weighted by Gasteiger charge is 2.08. The molecule has 0 aliphatic rings. The quantitative estimate of drug-likeness (QED) is 0.918. The topological polar surface area (TPSA) is 24.9 Å². The predicted molar refractivity (Wildman–Crippen MR) is 68.3 cm³/mol. The fraction of sp³-hybridized carbons (Fsp3) is 0.182. The summed E-state index contributed by atoms with van der Waals surface area (Å²) in [5, 5.41) is 6.51. The average molecular weight is 283 g/mol. The van der Waals surface area contributed by atoms with Crippen LogP contribution in [0.4, 0.5) is 5.69 Å². The average Bonchev–Trinajstić information content (AvgIpc) is 2.74. The Morgan fingerprint density at radius 1 is 1.40 bits per heavy atom. The first kappa shape index (κ1) is 10.6. The van der Waals surface area contributed by atoms with E-state index in [0.29, 0.717) is 0 Å². The number of nitrogens with zero attached hydrogens (tertiary/aromatic N) is 1. The molecule has 1 N–H and O–H groups in total. The van der Waals surface area contributed by atoms with E-state index < -0.39 is 0 Å². The molecule has 78 valence electrons. The Kier molecular flexibility index (Phi) is 3.38. The molecule has 15 heavy (non-hydrogen) atoms. The number of hydrogen-bond acceptors (Lipinski definition) is 3. The van der Waals surface area contributed by atoms with Gasteiger partial charge in [0.2, 0.25) is 0 Å². The molecule has 2 rings (SSSR count). The molecule has 2 nitrogen and oxygen atoms in total. The lowest BCUT2D eigenvalue weighted by molar-refractivity contribution is 0.869. The zero-order valence-corrected chi connectivity index (χ0v) is 10.7.